The Bertz CT molecular complexity index is 1040. The standard InChI is InChI=1S/C27H35N3O5/c1-33-20-11-12-25(35-3)22(16-20)30-18-19(15-26(30)31)27(32)28-17-23(29-13-7-4-8-14-29)21-9-5-6-10-24(21)34-2/h5-6,9-12,16,19,23H,4,7-8,13-15,17-18H2,1-3H3,(H,28,32). The largest absolute Gasteiger partial charge is 0.497 e. The number of methoxy groups -OCH3 is 3. The van der Waals surface area contributed by atoms with E-state index in [9.17, 15) is 9.59 Å². The quantitative estimate of drug-likeness (QED) is 0.591. The van der Waals surface area contributed by atoms with Crippen molar-refractivity contribution < 1.29 is 23.8 Å². The minimum absolute atomic E-state index is 0.0158. The van der Waals surface area contributed by atoms with E-state index in [-0.39, 0.29) is 24.3 Å². The molecule has 4 rings (SSSR count). The van der Waals surface area contributed by atoms with Crippen molar-refractivity contribution in [3.63, 3.8) is 0 Å². The van der Waals surface area contributed by atoms with Crippen LogP contribution in [0.25, 0.3) is 0 Å². The molecule has 1 N–H and O–H groups in total. The van der Waals surface area contributed by atoms with Gasteiger partial charge in [-0.3, -0.25) is 14.5 Å². The van der Waals surface area contributed by atoms with Crippen molar-refractivity contribution in [2.45, 2.75) is 31.7 Å². The highest BCUT2D eigenvalue weighted by Crippen LogP contribution is 2.36. The Hall–Kier alpha value is -3.26. The maximum absolute atomic E-state index is 13.2. The molecule has 2 saturated heterocycles. The third-order valence-electron chi connectivity index (χ3n) is 6.97. The zero-order chi connectivity index (χ0) is 24.8. The minimum atomic E-state index is -0.432. The van der Waals surface area contributed by atoms with Crippen LogP contribution in [0.15, 0.2) is 42.5 Å². The molecule has 8 nitrogen and oxygen atoms in total. The molecule has 0 bridgehead atoms. The Morgan fingerprint density at radius 2 is 1.74 bits per heavy atom. The van der Waals surface area contributed by atoms with Gasteiger partial charge in [0.1, 0.15) is 17.2 Å². The fourth-order valence-electron chi connectivity index (χ4n) is 5.07. The molecule has 2 amide bonds. The lowest BCUT2D eigenvalue weighted by Gasteiger charge is -2.35. The monoisotopic (exact) mass is 481 g/mol. The van der Waals surface area contributed by atoms with E-state index in [1.54, 1.807) is 44.4 Å². The first-order chi connectivity index (χ1) is 17.0. The van der Waals surface area contributed by atoms with Crippen molar-refractivity contribution in [1.29, 1.82) is 0 Å². The van der Waals surface area contributed by atoms with Gasteiger partial charge in [0.25, 0.3) is 0 Å². The number of likely N-dealkylation sites (tertiary alicyclic amines) is 1. The topological polar surface area (TPSA) is 80.3 Å². The number of piperidine rings is 1. The molecule has 2 aliphatic rings. The Morgan fingerprint density at radius 1 is 1.00 bits per heavy atom. The van der Waals surface area contributed by atoms with E-state index in [0.717, 1.165) is 37.2 Å². The van der Waals surface area contributed by atoms with Crippen LogP contribution in [0.5, 0.6) is 17.2 Å². The van der Waals surface area contributed by atoms with Crippen LogP contribution in [0.3, 0.4) is 0 Å². The minimum Gasteiger partial charge on any atom is -0.497 e. The maximum Gasteiger partial charge on any atom is 0.227 e. The predicted molar refractivity (Wildman–Crippen MR) is 134 cm³/mol. The van der Waals surface area contributed by atoms with Gasteiger partial charge in [-0.15, -0.1) is 0 Å². The molecule has 2 aromatic carbocycles. The summed E-state index contributed by atoms with van der Waals surface area (Å²) in [6, 6.07) is 13.3. The fourth-order valence-corrected chi connectivity index (χ4v) is 5.07. The molecule has 0 aliphatic carbocycles. The van der Waals surface area contributed by atoms with Crippen molar-refractivity contribution in [2.75, 3.05) is 52.4 Å². The summed E-state index contributed by atoms with van der Waals surface area (Å²) >= 11 is 0. The number of para-hydroxylation sites is 1. The molecule has 8 heteroatoms. The lowest BCUT2D eigenvalue weighted by atomic mass is 10.00. The van der Waals surface area contributed by atoms with Crippen LogP contribution in [0.4, 0.5) is 5.69 Å². The van der Waals surface area contributed by atoms with Crippen LogP contribution in [0, 0.1) is 5.92 Å². The van der Waals surface area contributed by atoms with Crippen molar-refractivity contribution in [3.05, 3.63) is 48.0 Å². The second-order valence-corrected chi connectivity index (χ2v) is 9.04. The van der Waals surface area contributed by atoms with Gasteiger partial charge in [-0.2, -0.15) is 0 Å². The third-order valence-corrected chi connectivity index (χ3v) is 6.97. The van der Waals surface area contributed by atoms with Crippen LogP contribution >= 0.6 is 0 Å². The van der Waals surface area contributed by atoms with Gasteiger partial charge in [0, 0.05) is 31.1 Å². The number of carbonyl (C=O) groups is 2. The number of hydrogen-bond acceptors (Lipinski definition) is 6. The molecule has 2 aliphatic heterocycles. The SMILES string of the molecule is COc1ccc(OC)c(N2CC(C(=O)NCC(c3ccccc3OC)N3CCCCC3)CC2=O)c1. The van der Waals surface area contributed by atoms with E-state index in [0.29, 0.717) is 30.3 Å². The average Bonchev–Trinajstić information content (AvgIpc) is 3.30. The van der Waals surface area contributed by atoms with E-state index in [1.165, 1.54) is 6.42 Å². The molecule has 0 spiro atoms. The van der Waals surface area contributed by atoms with Crippen LogP contribution in [0.1, 0.15) is 37.3 Å². The number of hydrogen-bond donors (Lipinski definition) is 1. The molecular weight excluding hydrogens is 446 g/mol. The Labute approximate surface area is 207 Å². The summed E-state index contributed by atoms with van der Waals surface area (Å²) in [6.45, 7) is 2.75. The highest BCUT2D eigenvalue weighted by atomic mass is 16.5. The molecule has 0 radical (unpaired) electrons. The summed E-state index contributed by atoms with van der Waals surface area (Å²) < 4.78 is 16.4. The van der Waals surface area contributed by atoms with E-state index >= 15 is 0 Å². The third kappa shape index (κ3) is 5.53. The summed E-state index contributed by atoms with van der Waals surface area (Å²) in [4.78, 5) is 30.1. The van der Waals surface area contributed by atoms with Crippen LogP contribution in [-0.4, -0.2) is 64.2 Å². The molecule has 2 heterocycles. The molecule has 2 atom stereocenters. The van der Waals surface area contributed by atoms with Gasteiger partial charge in [0.2, 0.25) is 11.8 Å². The first kappa shape index (κ1) is 24.9. The van der Waals surface area contributed by atoms with Crippen molar-refractivity contribution in [3.8, 4) is 17.2 Å². The number of carbonyl (C=O) groups excluding carboxylic acids is 2. The first-order valence-electron chi connectivity index (χ1n) is 12.2. The predicted octanol–water partition coefficient (Wildman–Crippen LogP) is 3.41. The summed E-state index contributed by atoms with van der Waals surface area (Å²) in [5.41, 5.74) is 1.69. The van der Waals surface area contributed by atoms with Crippen molar-refractivity contribution in [2.24, 2.45) is 5.92 Å². The van der Waals surface area contributed by atoms with Gasteiger partial charge >= 0.3 is 0 Å². The Balaban J connectivity index is 1.47. The van der Waals surface area contributed by atoms with Gasteiger partial charge in [-0.05, 0) is 44.1 Å². The van der Waals surface area contributed by atoms with E-state index < -0.39 is 5.92 Å². The molecule has 35 heavy (non-hydrogen) atoms. The summed E-state index contributed by atoms with van der Waals surface area (Å²) in [5.74, 6) is 1.38. The lowest BCUT2D eigenvalue weighted by molar-refractivity contribution is -0.126. The molecule has 0 aromatic heterocycles. The molecular formula is C27H35N3O5. The number of nitrogens with zero attached hydrogens (tertiary/aromatic N) is 2. The summed E-state index contributed by atoms with van der Waals surface area (Å²) in [6.07, 6.45) is 3.69. The normalized spacial score (nSPS) is 19.3. The zero-order valence-electron chi connectivity index (χ0n) is 20.8. The molecule has 2 fully saturated rings. The second kappa shape index (κ2) is 11.4. The average molecular weight is 482 g/mol. The maximum atomic E-state index is 13.2. The number of amides is 2. The number of nitrogens with one attached hydrogen (secondary N) is 1. The van der Waals surface area contributed by atoms with Crippen molar-refractivity contribution >= 4 is 17.5 Å². The van der Waals surface area contributed by atoms with Gasteiger partial charge in [-0.1, -0.05) is 24.6 Å². The highest BCUT2D eigenvalue weighted by Gasteiger charge is 2.37. The molecule has 188 valence electrons. The van der Waals surface area contributed by atoms with Crippen molar-refractivity contribution in [1.82, 2.24) is 10.2 Å². The van der Waals surface area contributed by atoms with Crippen LogP contribution < -0.4 is 24.4 Å². The van der Waals surface area contributed by atoms with Gasteiger partial charge in [-0.25, -0.2) is 0 Å². The smallest absolute Gasteiger partial charge is 0.227 e. The molecule has 0 saturated carbocycles. The number of benzene rings is 2. The lowest BCUT2D eigenvalue weighted by Crippen LogP contribution is -2.42. The van der Waals surface area contributed by atoms with Crippen LogP contribution in [0.2, 0.25) is 0 Å². The van der Waals surface area contributed by atoms with E-state index in [4.69, 9.17) is 14.2 Å². The van der Waals surface area contributed by atoms with E-state index in [2.05, 4.69) is 16.3 Å². The number of ether oxygens (including phenoxy) is 3. The van der Waals surface area contributed by atoms with Gasteiger partial charge in [0.15, 0.2) is 0 Å². The van der Waals surface area contributed by atoms with Crippen LogP contribution in [-0.2, 0) is 9.59 Å². The molecule has 2 unspecified atom stereocenters. The van der Waals surface area contributed by atoms with E-state index in [1.807, 2.05) is 18.2 Å². The fraction of sp³-hybridized carbons (Fsp3) is 0.481. The second-order valence-electron chi connectivity index (χ2n) is 9.04. The van der Waals surface area contributed by atoms with Gasteiger partial charge < -0.3 is 24.4 Å². The summed E-state index contributed by atoms with van der Waals surface area (Å²) in [7, 11) is 4.82. The number of rotatable bonds is 9. The summed E-state index contributed by atoms with van der Waals surface area (Å²) in [5, 5.41) is 3.14. The Morgan fingerprint density at radius 3 is 2.46 bits per heavy atom. The highest BCUT2D eigenvalue weighted by molar-refractivity contribution is 6.01. The zero-order valence-corrected chi connectivity index (χ0v) is 20.8. The van der Waals surface area contributed by atoms with Gasteiger partial charge in [0.05, 0.1) is 39.0 Å². The first-order valence-corrected chi connectivity index (χ1v) is 12.2. The Kier molecular flexibility index (Phi) is 8.13. The molecule has 2 aromatic rings. The number of anilines is 1.